The number of hydrogen-bond acceptors (Lipinski definition) is 3. The van der Waals surface area contributed by atoms with Crippen molar-refractivity contribution >= 4 is 5.97 Å². The Balaban J connectivity index is 2.16. The number of hydrogen-bond donors (Lipinski definition) is 2. The molecule has 13 heavy (non-hydrogen) atoms. The number of aliphatic carboxylic acids is 1. The molecule has 2 N–H and O–H groups in total. The largest absolute Gasteiger partial charge is 0.481 e. The quantitative estimate of drug-likeness (QED) is 0.650. The van der Waals surface area contributed by atoms with E-state index in [9.17, 15) is 4.79 Å². The van der Waals surface area contributed by atoms with Gasteiger partial charge in [0.1, 0.15) is 0 Å². The highest BCUT2D eigenvalue weighted by Gasteiger charge is 2.22. The number of rotatable bonds is 5. The summed E-state index contributed by atoms with van der Waals surface area (Å²) in [5.74, 6) is -0.736. The maximum absolute atomic E-state index is 10.3. The predicted octanol–water partition coefficient (Wildman–Crippen LogP) is 0.308. The number of aliphatic hydroxyl groups is 1. The van der Waals surface area contributed by atoms with E-state index in [-0.39, 0.29) is 19.1 Å². The zero-order valence-corrected chi connectivity index (χ0v) is 7.78. The summed E-state index contributed by atoms with van der Waals surface area (Å²) >= 11 is 0. The van der Waals surface area contributed by atoms with Crippen molar-refractivity contribution in [3.8, 4) is 0 Å². The highest BCUT2D eigenvalue weighted by molar-refractivity contribution is 5.66. The van der Waals surface area contributed by atoms with Crippen LogP contribution >= 0.6 is 0 Å². The monoisotopic (exact) mass is 187 g/mol. The van der Waals surface area contributed by atoms with Crippen molar-refractivity contribution in [3.05, 3.63) is 0 Å². The standard InChI is InChI=1S/C9H17NO3/c11-7-8-3-1-5-10(8)6-2-4-9(12)13/h8,11H,1-7H2,(H,12,13). The van der Waals surface area contributed by atoms with Crippen molar-refractivity contribution in [1.82, 2.24) is 4.90 Å². The van der Waals surface area contributed by atoms with Gasteiger partial charge in [-0.2, -0.15) is 0 Å². The molecule has 1 atom stereocenters. The Kier molecular flexibility index (Phi) is 4.18. The molecule has 0 spiro atoms. The Morgan fingerprint density at radius 1 is 1.54 bits per heavy atom. The Morgan fingerprint density at radius 2 is 2.31 bits per heavy atom. The molecule has 1 unspecified atom stereocenters. The van der Waals surface area contributed by atoms with E-state index in [1.165, 1.54) is 0 Å². The van der Waals surface area contributed by atoms with Crippen molar-refractivity contribution in [2.45, 2.75) is 31.7 Å². The lowest BCUT2D eigenvalue weighted by Crippen LogP contribution is -2.33. The SMILES string of the molecule is O=C(O)CCCN1CCCC1CO. The maximum atomic E-state index is 10.3. The number of aliphatic hydroxyl groups excluding tert-OH is 1. The molecule has 1 aliphatic heterocycles. The molecule has 1 rings (SSSR count). The average molecular weight is 187 g/mol. The van der Waals surface area contributed by atoms with Gasteiger partial charge in [-0.05, 0) is 32.4 Å². The second kappa shape index (κ2) is 5.19. The summed E-state index contributed by atoms with van der Waals surface area (Å²) < 4.78 is 0. The van der Waals surface area contributed by atoms with Gasteiger partial charge in [0.05, 0.1) is 6.61 Å². The second-order valence-corrected chi connectivity index (χ2v) is 3.51. The van der Waals surface area contributed by atoms with Crippen molar-refractivity contribution < 1.29 is 15.0 Å². The fraction of sp³-hybridized carbons (Fsp3) is 0.889. The van der Waals surface area contributed by atoms with E-state index in [2.05, 4.69) is 4.90 Å². The fourth-order valence-corrected chi connectivity index (χ4v) is 1.83. The van der Waals surface area contributed by atoms with Crippen LogP contribution in [0.2, 0.25) is 0 Å². The summed E-state index contributed by atoms with van der Waals surface area (Å²) in [5, 5.41) is 17.4. The molecule has 0 bridgehead atoms. The molecule has 0 amide bonds. The van der Waals surface area contributed by atoms with Crippen molar-refractivity contribution in [2.75, 3.05) is 19.7 Å². The molecular formula is C9H17NO3. The Morgan fingerprint density at radius 3 is 2.92 bits per heavy atom. The van der Waals surface area contributed by atoms with E-state index in [4.69, 9.17) is 10.2 Å². The summed E-state index contributed by atoms with van der Waals surface area (Å²) in [6, 6.07) is 0.272. The van der Waals surface area contributed by atoms with E-state index < -0.39 is 5.97 Å². The van der Waals surface area contributed by atoms with E-state index in [0.29, 0.717) is 6.42 Å². The molecule has 1 heterocycles. The molecule has 4 nitrogen and oxygen atoms in total. The maximum Gasteiger partial charge on any atom is 0.303 e. The summed E-state index contributed by atoms with van der Waals surface area (Å²) in [4.78, 5) is 12.4. The minimum absolute atomic E-state index is 0.201. The third-order valence-electron chi connectivity index (χ3n) is 2.55. The number of carbonyl (C=O) groups is 1. The van der Waals surface area contributed by atoms with Crippen LogP contribution in [0.3, 0.4) is 0 Å². The van der Waals surface area contributed by atoms with Crippen LogP contribution < -0.4 is 0 Å². The third-order valence-corrected chi connectivity index (χ3v) is 2.55. The second-order valence-electron chi connectivity index (χ2n) is 3.51. The average Bonchev–Trinajstić information content (AvgIpc) is 2.51. The van der Waals surface area contributed by atoms with Gasteiger partial charge >= 0.3 is 5.97 Å². The fourth-order valence-electron chi connectivity index (χ4n) is 1.83. The number of carboxylic acids is 1. The smallest absolute Gasteiger partial charge is 0.303 e. The number of carboxylic acid groups (broad SMARTS) is 1. The van der Waals surface area contributed by atoms with Gasteiger partial charge in [0, 0.05) is 12.5 Å². The van der Waals surface area contributed by atoms with Gasteiger partial charge in [-0.15, -0.1) is 0 Å². The highest BCUT2D eigenvalue weighted by Crippen LogP contribution is 2.16. The van der Waals surface area contributed by atoms with Gasteiger partial charge in [0.15, 0.2) is 0 Å². The molecule has 0 aromatic heterocycles. The Hall–Kier alpha value is -0.610. The first-order valence-electron chi connectivity index (χ1n) is 4.80. The van der Waals surface area contributed by atoms with Crippen LogP contribution in [0.1, 0.15) is 25.7 Å². The van der Waals surface area contributed by atoms with Gasteiger partial charge in [-0.25, -0.2) is 0 Å². The van der Waals surface area contributed by atoms with Crippen LogP contribution in [-0.2, 0) is 4.79 Å². The van der Waals surface area contributed by atoms with Gasteiger partial charge in [0.25, 0.3) is 0 Å². The lowest BCUT2D eigenvalue weighted by atomic mass is 10.2. The lowest BCUT2D eigenvalue weighted by Gasteiger charge is -2.21. The van der Waals surface area contributed by atoms with E-state index in [1.807, 2.05) is 0 Å². The molecule has 1 saturated heterocycles. The molecule has 1 fully saturated rings. The molecule has 0 saturated carbocycles. The summed E-state index contributed by atoms with van der Waals surface area (Å²) in [6.07, 6.45) is 3.09. The molecule has 1 aliphatic rings. The molecule has 76 valence electrons. The minimum atomic E-state index is -0.736. The third kappa shape index (κ3) is 3.32. The zero-order chi connectivity index (χ0) is 9.68. The molecule has 4 heteroatoms. The van der Waals surface area contributed by atoms with Crippen LogP contribution in [-0.4, -0.2) is 46.8 Å². The zero-order valence-electron chi connectivity index (χ0n) is 7.78. The first kappa shape index (κ1) is 10.5. The van der Waals surface area contributed by atoms with Crippen LogP contribution in [0, 0.1) is 0 Å². The van der Waals surface area contributed by atoms with Crippen LogP contribution in [0.15, 0.2) is 0 Å². The van der Waals surface area contributed by atoms with Crippen LogP contribution in [0.25, 0.3) is 0 Å². The lowest BCUT2D eigenvalue weighted by molar-refractivity contribution is -0.137. The van der Waals surface area contributed by atoms with Crippen molar-refractivity contribution in [1.29, 1.82) is 0 Å². The van der Waals surface area contributed by atoms with E-state index >= 15 is 0 Å². The normalized spacial score (nSPS) is 23.6. The topological polar surface area (TPSA) is 60.8 Å². The van der Waals surface area contributed by atoms with Gasteiger partial charge in [0.2, 0.25) is 0 Å². The number of nitrogens with zero attached hydrogens (tertiary/aromatic N) is 1. The van der Waals surface area contributed by atoms with E-state index in [0.717, 1.165) is 25.9 Å². The first-order chi connectivity index (χ1) is 6.24. The van der Waals surface area contributed by atoms with Gasteiger partial charge in [-0.1, -0.05) is 0 Å². The van der Waals surface area contributed by atoms with Gasteiger partial charge in [-0.3, -0.25) is 9.69 Å². The van der Waals surface area contributed by atoms with Crippen LogP contribution in [0.5, 0.6) is 0 Å². The summed E-state index contributed by atoms with van der Waals surface area (Å²) in [6.45, 7) is 2.01. The van der Waals surface area contributed by atoms with Crippen molar-refractivity contribution in [3.63, 3.8) is 0 Å². The molecule has 0 radical (unpaired) electrons. The summed E-state index contributed by atoms with van der Waals surface area (Å²) in [7, 11) is 0. The van der Waals surface area contributed by atoms with Crippen molar-refractivity contribution in [2.24, 2.45) is 0 Å². The molecule has 0 aliphatic carbocycles. The molecular weight excluding hydrogens is 170 g/mol. The minimum Gasteiger partial charge on any atom is -0.481 e. The first-order valence-corrected chi connectivity index (χ1v) is 4.80. The highest BCUT2D eigenvalue weighted by atomic mass is 16.4. The molecule has 0 aromatic rings. The Bertz CT molecular complexity index is 172. The summed E-state index contributed by atoms with van der Waals surface area (Å²) in [5.41, 5.74) is 0. The van der Waals surface area contributed by atoms with Gasteiger partial charge < -0.3 is 10.2 Å². The van der Waals surface area contributed by atoms with E-state index in [1.54, 1.807) is 0 Å². The molecule has 0 aromatic carbocycles. The predicted molar refractivity (Wildman–Crippen MR) is 48.6 cm³/mol. The Labute approximate surface area is 78.2 Å². The number of likely N-dealkylation sites (tertiary alicyclic amines) is 1. The van der Waals surface area contributed by atoms with Crippen LogP contribution in [0.4, 0.5) is 0 Å².